The Hall–Kier alpha value is -0.800. The Labute approximate surface area is 91.0 Å². The molecule has 1 aliphatic carbocycles. The Morgan fingerprint density at radius 2 is 2.33 bits per heavy atom. The van der Waals surface area contributed by atoms with E-state index in [-0.39, 0.29) is 6.04 Å². The lowest BCUT2D eigenvalue weighted by molar-refractivity contribution is 0.394. The van der Waals surface area contributed by atoms with Crippen LogP contribution in [0.2, 0.25) is 0 Å². The van der Waals surface area contributed by atoms with E-state index in [1.54, 1.807) is 0 Å². The molecule has 0 spiro atoms. The van der Waals surface area contributed by atoms with Crippen molar-refractivity contribution < 1.29 is 4.42 Å². The van der Waals surface area contributed by atoms with Crippen molar-refractivity contribution in [2.24, 2.45) is 11.7 Å². The highest BCUT2D eigenvalue weighted by atomic mass is 16.3. The number of aryl methyl sites for hydroxylation is 1. The molecule has 1 fully saturated rings. The van der Waals surface area contributed by atoms with Crippen LogP contribution in [0.4, 0.5) is 0 Å². The molecule has 84 valence electrons. The molecule has 2 rings (SSSR count). The highest BCUT2D eigenvalue weighted by molar-refractivity contribution is 5.11. The maximum atomic E-state index is 5.74. The van der Waals surface area contributed by atoms with Gasteiger partial charge in [0.25, 0.3) is 0 Å². The van der Waals surface area contributed by atoms with Crippen molar-refractivity contribution in [3.63, 3.8) is 0 Å². The first-order valence-corrected chi connectivity index (χ1v) is 5.85. The molecule has 0 amide bonds. The number of hydrogen-bond donors (Lipinski definition) is 2. The summed E-state index contributed by atoms with van der Waals surface area (Å²) in [6.45, 7) is 3.77. The fourth-order valence-corrected chi connectivity index (χ4v) is 1.70. The minimum atomic E-state index is 0.186. The molecular formula is C12H20N2O. The van der Waals surface area contributed by atoms with Gasteiger partial charge >= 0.3 is 0 Å². The molecule has 1 aromatic rings. The van der Waals surface area contributed by atoms with E-state index in [2.05, 4.69) is 12.2 Å². The Morgan fingerprint density at radius 3 is 2.87 bits per heavy atom. The van der Waals surface area contributed by atoms with Crippen molar-refractivity contribution in [3.8, 4) is 0 Å². The highest BCUT2D eigenvalue weighted by Crippen LogP contribution is 2.28. The average Bonchev–Trinajstić information content (AvgIpc) is 2.96. The second-order valence-electron chi connectivity index (χ2n) is 4.30. The van der Waals surface area contributed by atoms with Gasteiger partial charge in [-0.3, -0.25) is 0 Å². The van der Waals surface area contributed by atoms with Gasteiger partial charge in [0.15, 0.2) is 0 Å². The molecule has 0 bridgehead atoms. The van der Waals surface area contributed by atoms with Gasteiger partial charge in [0, 0.05) is 13.0 Å². The quantitative estimate of drug-likeness (QED) is 0.750. The predicted octanol–water partition coefficient (Wildman–Crippen LogP) is 1.84. The summed E-state index contributed by atoms with van der Waals surface area (Å²) in [6, 6.07) is 4.26. The Balaban J connectivity index is 1.91. The van der Waals surface area contributed by atoms with Gasteiger partial charge in [-0.05, 0) is 37.4 Å². The first-order chi connectivity index (χ1) is 7.33. The van der Waals surface area contributed by atoms with E-state index in [4.69, 9.17) is 10.2 Å². The molecule has 1 unspecified atom stereocenters. The Kier molecular flexibility index (Phi) is 3.44. The van der Waals surface area contributed by atoms with Crippen molar-refractivity contribution in [3.05, 3.63) is 23.7 Å². The molecule has 1 atom stereocenters. The molecule has 1 aliphatic rings. The minimum absolute atomic E-state index is 0.186. The van der Waals surface area contributed by atoms with Crippen LogP contribution in [-0.4, -0.2) is 13.1 Å². The molecule has 0 aromatic carbocycles. The monoisotopic (exact) mass is 208 g/mol. The van der Waals surface area contributed by atoms with Crippen molar-refractivity contribution >= 4 is 0 Å². The number of furan rings is 1. The first kappa shape index (κ1) is 10.7. The molecular weight excluding hydrogens is 188 g/mol. The van der Waals surface area contributed by atoms with Crippen LogP contribution in [0.5, 0.6) is 0 Å². The normalized spacial score (nSPS) is 18.0. The van der Waals surface area contributed by atoms with Crippen molar-refractivity contribution in [2.75, 3.05) is 13.1 Å². The van der Waals surface area contributed by atoms with Gasteiger partial charge in [0.05, 0.1) is 6.04 Å². The predicted molar refractivity (Wildman–Crippen MR) is 60.6 cm³/mol. The lowest BCUT2D eigenvalue weighted by Crippen LogP contribution is -2.29. The third-order valence-corrected chi connectivity index (χ3v) is 2.96. The zero-order valence-electron chi connectivity index (χ0n) is 9.33. The molecule has 0 saturated heterocycles. The largest absolute Gasteiger partial charge is 0.464 e. The SMILES string of the molecule is CCc1ccc(C(CN)NCC2CC2)o1. The zero-order chi connectivity index (χ0) is 10.7. The van der Waals surface area contributed by atoms with Crippen LogP contribution in [0.3, 0.4) is 0 Å². The molecule has 0 radical (unpaired) electrons. The van der Waals surface area contributed by atoms with Crippen LogP contribution >= 0.6 is 0 Å². The van der Waals surface area contributed by atoms with Gasteiger partial charge in [0.1, 0.15) is 11.5 Å². The lowest BCUT2D eigenvalue weighted by atomic mass is 10.2. The summed E-state index contributed by atoms with van der Waals surface area (Å²) in [5.74, 6) is 2.89. The Bertz CT molecular complexity index is 304. The standard InChI is InChI=1S/C12H20N2O/c1-2-10-5-6-12(15-10)11(7-13)14-8-9-3-4-9/h5-6,9,11,14H,2-4,7-8,13H2,1H3. The van der Waals surface area contributed by atoms with E-state index < -0.39 is 0 Å². The molecule has 1 saturated carbocycles. The fraction of sp³-hybridized carbons (Fsp3) is 0.667. The smallest absolute Gasteiger partial charge is 0.122 e. The van der Waals surface area contributed by atoms with Crippen LogP contribution in [0, 0.1) is 5.92 Å². The van der Waals surface area contributed by atoms with E-state index in [0.29, 0.717) is 6.54 Å². The Morgan fingerprint density at radius 1 is 1.53 bits per heavy atom. The van der Waals surface area contributed by atoms with Crippen LogP contribution in [-0.2, 0) is 6.42 Å². The highest BCUT2D eigenvalue weighted by Gasteiger charge is 2.23. The maximum Gasteiger partial charge on any atom is 0.122 e. The van der Waals surface area contributed by atoms with Gasteiger partial charge in [0.2, 0.25) is 0 Å². The van der Waals surface area contributed by atoms with E-state index in [0.717, 1.165) is 30.4 Å². The number of hydrogen-bond acceptors (Lipinski definition) is 3. The van der Waals surface area contributed by atoms with Gasteiger partial charge < -0.3 is 15.5 Å². The van der Waals surface area contributed by atoms with E-state index in [1.165, 1.54) is 12.8 Å². The summed E-state index contributed by atoms with van der Waals surface area (Å²) in [7, 11) is 0. The summed E-state index contributed by atoms with van der Waals surface area (Å²) in [4.78, 5) is 0. The zero-order valence-corrected chi connectivity index (χ0v) is 9.33. The van der Waals surface area contributed by atoms with Gasteiger partial charge in [-0.15, -0.1) is 0 Å². The molecule has 1 heterocycles. The second kappa shape index (κ2) is 4.81. The average molecular weight is 208 g/mol. The van der Waals surface area contributed by atoms with Crippen LogP contribution < -0.4 is 11.1 Å². The van der Waals surface area contributed by atoms with Gasteiger partial charge in [-0.1, -0.05) is 6.92 Å². The second-order valence-corrected chi connectivity index (χ2v) is 4.30. The topological polar surface area (TPSA) is 51.2 Å². The lowest BCUT2D eigenvalue weighted by Gasteiger charge is -2.13. The van der Waals surface area contributed by atoms with Gasteiger partial charge in [-0.25, -0.2) is 0 Å². The molecule has 3 nitrogen and oxygen atoms in total. The summed E-state index contributed by atoms with van der Waals surface area (Å²) in [6.07, 6.45) is 3.67. The third-order valence-electron chi connectivity index (χ3n) is 2.96. The first-order valence-electron chi connectivity index (χ1n) is 5.85. The van der Waals surface area contributed by atoms with E-state index in [1.807, 2.05) is 12.1 Å². The molecule has 0 aliphatic heterocycles. The molecule has 1 aromatic heterocycles. The summed E-state index contributed by atoms with van der Waals surface area (Å²) in [5, 5.41) is 3.47. The van der Waals surface area contributed by atoms with Crippen LogP contribution in [0.15, 0.2) is 16.5 Å². The summed E-state index contributed by atoms with van der Waals surface area (Å²) in [5.41, 5.74) is 5.74. The molecule has 3 N–H and O–H groups in total. The van der Waals surface area contributed by atoms with Gasteiger partial charge in [-0.2, -0.15) is 0 Å². The van der Waals surface area contributed by atoms with Crippen molar-refractivity contribution in [2.45, 2.75) is 32.2 Å². The van der Waals surface area contributed by atoms with Crippen molar-refractivity contribution in [1.82, 2.24) is 5.32 Å². The summed E-state index contributed by atoms with van der Waals surface area (Å²) < 4.78 is 5.70. The van der Waals surface area contributed by atoms with E-state index in [9.17, 15) is 0 Å². The number of nitrogens with two attached hydrogens (primary N) is 1. The minimum Gasteiger partial charge on any atom is -0.464 e. The number of nitrogens with one attached hydrogen (secondary N) is 1. The van der Waals surface area contributed by atoms with E-state index >= 15 is 0 Å². The fourth-order valence-electron chi connectivity index (χ4n) is 1.70. The molecule has 3 heteroatoms. The maximum absolute atomic E-state index is 5.74. The van der Waals surface area contributed by atoms with Crippen molar-refractivity contribution in [1.29, 1.82) is 0 Å². The number of rotatable bonds is 6. The molecule has 15 heavy (non-hydrogen) atoms. The third kappa shape index (κ3) is 2.83. The summed E-state index contributed by atoms with van der Waals surface area (Å²) >= 11 is 0. The van der Waals surface area contributed by atoms with Crippen LogP contribution in [0.25, 0.3) is 0 Å². The van der Waals surface area contributed by atoms with Crippen LogP contribution in [0.1, 0.15) is 37.3 Å².